The quantitative estimate of drug-likeness (QED) is 0.885. The third-order valence-corrected chi connectivity index (χ3v) is 4.60. The van der Waals surface area contributed by atoms with Gasteiger partial charge < -0.3 is 15.1 Å². The molecule has 1 saturated heterocycles. The van der Waals surface area contributed by atoms with Crippen LogP contribution in [0.2, 0.25) is 0 Å². The molecule has 7 heteroatoms. The molecule has 1 aromatic carbocycles. The second kappa shape index (κ2) is 5.09. The van der Waals surface area contributed by atoms with Crippen molar-refractivity contribution in [3.05, 3.63) is 35.0 Å². The SMILES string of the molecule is O=C(O)[C@@H]1CC(O)CN1C(=O)c1cc2ccc(F)cc2s1. The maximum atomic E-state index is 13.2. The highest BCUT2D eigenvalue weighted by Gasteiger charge is 2.39. The number of aliphatic carboxylic acids is 1. The number of halogens is 1. The number of aliphatic hydroxyl groups excluding tert-OH is 1. The van der Waals surface area contributed by atoms with Crippen molar-refractivity contribution in [1.29, 1.82) is 0 Å². The monoisotopic (exact) mass is 309 g/mol. The second-order valence-electron chi connectivity index (χ2n) is 4.99. The minimum Gasteiger partial charge on any atom is -0.480 e. The summed E-state index contributed by atoms with van der Waals surface area (Å²) in [6.45, 7) is -0.00158. The number of carboxylic acids is 1. The van der Waals surface area contributed by atoms with E-state index in [2.05, 4.69) is 0 Å². The van der Waals surface area contributed by atoms with Crippen molar-refractivity contribution in [2.24, 2.45) is 0 Å². The van der Waals surface area contributed by atoms with Crippen LogP contribution >= 0.6 is 11.3 Å². The smallest absolute Gasteiger partial charge is 0.326 e. The predicted octanol–water partition coefficient (Wildman–Crippen LogP) is 1.70. The Morgan fingerprint density at radius 2 is 2.10 bits per heavy atom. The Hall–Kier alpha value is -1.99. The fourth-order valence-electron chi connectivity index (χ4n) is 2.52. The summed E-state index contributed by atoms with van der Waals surface area (Å²) < 4.78 is 13.8. The molecule has 2 heterocycles. The van der Waals surface area contributed by atoms with Gasteiger partial charge in [-0.1, -0.05) is 6.07 Å². The number of aliphatic hydroxyl groups is 1. The van der Waals surface area contributed by atoms with Crippen molar-refractivity contribution in [2.45, 2.75) is 18.6 Å². The second-order valence-corrected chi connectivity index (χ2v) is 6.08. The van der Waals surface area contributed by atoms with E-state index >= 15 is 0 Å². The molecular formula is C14H12FNO4S. The number of hydrogen-bond donors (Lipinski definition) is 2. The molecule has 2 N–H and O–H groups in total. The van der Waals surface area contributed by atoms with E-state index in [1.165, 1.54) is 12.1 Å². The lowest BCUT2D eigenvalue weighted by Gasteiger charge is -2.20. The molecule has 0 aliphatic carbocycles. The van der Waals surface area contributed by atoms with Gasteiger partial charge in [-0.3, -0.25) is 4.79 Å². The molecule has 1 amide bonds. The van der Waals surface area contributed by atoms with Crippen LogP contribution in [0.15, 0.2) is 24.3 Å². The van der Waals surface area contributed by atoms with Crippen molar-refractivity contribution >= 4 is 33.3 Å². The van der Waals surface area contributed by atoms with Crippen LogP contribution < -0.4 is 0 Å². The first-order chi connectivity index (χ1) is 9.95. The molecule has 2 aromatic rings. The number of rotatable bonds is 2. The first-order valence-electron chi connectivity index (χ1n) is 6.36. The lowest BCUT2D eigenvalue weighted by atomic mass is 10.2. The Labute approximate surface area is 123 Å². The molecule has 1 aliphatic rings. The van der Waals surface area contributed by atoms with Crippen LogP contribution in [0.25, 0.3) is 10.1 Å². The number of carboxylic acid groups (broad SMARTS) is 1. The molecule has 1 fully saturated rings. The van der Waals surface area contributed by atoms with Crippen molar-refractivity contribution < 1.29 is 24.2 Å². The topological polar surface area (TPSA) is 77.8 Å². The maximum Gasteiger partial charge on any atom is 0.326 e. The number of likely N-dealkylation sites (tertiary alicyclic amines) is 1. The number of nitrogens with zero attached hydrogens (tertiary/aromatic N) is 1. The molecule has 5 nitrogen and oxygen atoms in total. The van der Waals surface area contributed by atoms with Crippen molar-refractivity contribution in [1.82, 2.24) is 4.90 Å². The van der Waals surface area contributed by atoms with Gasteiger partial charge >= 0.3 is 5.97 Å². The molecule has 1 unspecified atom stereocenters. The normalized spacial score (nSPS) is 21.9. The lowest BCUT2D eigenvalue weighted by Crippen LogP contribution is -2.40. The zero-order chi connectivity index (χ0) is 15.1. The fourth-order valence-corrected chi connectivity index (χ4v) is 3.57. The number of benzene rings is 1. The highest BCUT2D eigenvalue weighted by Crippen LogP contribution is 2.29. The fraction of sp³-hybridized carbons (Fsp3) is 0.286. The van der Waals surface area contributed by atoms with E-state index in [1.54, 1.807) is 12.1 Å². The van der Waals surface area contributed by atoms with Gasteiger partial charge in [0, 0.05) is 17.7 Å². The van der Waals surface area contributed by atoms with Crippen molar-refractivity contribution in [3.8, 4) is 0 Å². The third kappa shape index (κ3) is 2.50. The molecule has 1 aliphatic heterocycles. The van der Waals surface area contributed by atoms with E-state index in [0.717, 1.165) is 21.6 Å². The number of carbonyl (C=O) groups is 2. The standard InChI is InChI=1S/C14H12FNO4S/c15-8-2-1-7-3-12(21-11(7)4-8)13(18)16-6-9(17)5-10(16)14(19)20/h1-4,9-10,17H,5-6H2,(H,19,20)/t9?,10-/m0/s1. The molecule has 0 bridgehead atoms. The van der Waals surface area contributed by atoms with E-state index < -0.39 is 24.0 Å². The third-order valence-electron chi connectivity index (χ3n) is 3.52. The average molecular weight is 309 g/mol. The number of carbonyl (C=O) groups excluding carboxylic acids is 1. The zero-order valence-corrected chi connectivity index (χ0v) is 11.6. The summed E-state index contributed by atoms with van der Waals surface area (Å²) in [4.78, 5) is 25.1. The van der Waals surface area contributed by atoms with Gasteiger partial charge in [-0.05, 0) is 23.6 Å². The summed E-state index contributed by atoms with van der Waals surface area (Å²) in [6, 6.07) is 4.82. The van der Waals surface area contributed by atoms with Crippen LogP contribution in [0, 0.1) is 5.82 Å². The first-order valence-corrected chi connectivity index (χ1v) is 7.18. The summed E-state index contributed by atoms with van der Waals surface area (Å²) in [6.07, 6.45) is -0.803. The van der Waals surface area contributed by atoms with E-state index in [1.807, 2.05) is 0 Å². The van der Waals surface area contributed by atoms with Crippen LogP contribution in [0.3, 0.4) is 0 Å². The van der Waals surface area contributed by atoms with E-state index in [-0.39, 0.29) is 18.8 Å². The Morgan fingerprint density at radius 3 is 2.81 bits per heavy atom. The van der Waals surface area contributed by atoms with Crippen LogP contribution in [0.1, 0.15) is 16.1 Å². The van der Waals surface area contributed by atoms with Gasteiger partial charge in [0.25, 0.3) is 5.91 Å². The van der Waals surface area contributed by atoms with Gasteiger partial charge in [-0.15, -0.1) is 11.3 Å². The van der Waals surface area contributed by atoms with Gasteiger partial charge in [0.2, 0.25) is 0 Å². The van der Waals surface area contributed by atoms with Crippen LogP contribution in [-0.4, -0.2) is 45.7 Å². The Morgan fingerprint density at radius 1 is 1.33 bits per heavy atom. The number of β-amino-alcohol motifs (C(OH)–C–C–N with tert-alkyl or cyclic N) is 1. The van der Waals surface area contributed by atoms with Gasteiger partial charge in [0.05, 0.1) is 11.0 Å². The van der Waals surface area contributed by atoms with E-state index in [9.17, 15) is 19.1 Å². The molecule has 110 valence electrons. The molecule has 0 radical (unpaired) electrons. The summed E-state index contributed by atoms with van der Waals surface area (Å²) in [5.41, 5.74) is 0. The summed E-state index contributed by atoms with van der Waals surface area (Å²) >= 11 is 1.12. The molecular weight excluding hydrogens is 297 g/mol. The van der Waals surface area contributed by atoms with Crippen molar-refractivity contribution in [3.63, 3.8) is 0 Å². The van der Waals surface area contributed by atoms with E-state index in [0.29, 0.717) is 9.58 Å². The Balaban J connectivity index is 1.94. The molecule has 0 spiro atoms. The van der Waals surface area contributed by atoms with Crippen LogP contribution in [-0.2, 0) is 4.79 Å². The minimum atomic E-state index is -1.13. The summed E-state index contributed by atoms with van der Waals surface area (Å²) in [5, 5.41) is 19.4. The highest BCUT2D eigenvalue weighted by molar-refractivity contribution is 7.20. The molecule has 3 rings (SSSR count). The predicted molar refractivity (Wildman–Crippen MR) is 74.9 cm³/mol. The zero-order valence-electron chi connectivity index (χ0n) is 10.8. The van der Waals surface area contributed by atoms with Gasteiger partial charge in [-0.2, -0.15) is 0 Å². The first kappa shape index (κ1) is 14.0. The Kier molecular flexibility index (Phi) is 3.38. The summed E-state index contributed by atoms with van der Waals surface area (Å²) in [7, 11) is 0. The highest BCUT2D eigenvalue weighted by atomic mass is 32.1. The van der Waals surface area contributed by atoms with Gasteiger partial charge in [-0.25, -0.2) is 9.18 Å². The van der Waals surface area contributed by atoms with Crippen LogP contribution in [0.4, 0.5) is 4.39 Å². The van der Waals surface area contributed by atoms with Crippen molar-refractivity contribution in [2.75, 3.05) is 6.54 Å². The van der Waals surface area contributed by atoms with E-state index in [4.69, 9.17) is 5.11 Å². The average Bonchev–Trinajstić information content (AvgIpc) is 3.00. The molecule has 0 saturated carbocycles. The minimum absolute atomic E-state index is 0.00158. The molecule has 21 heavy (non-hydrogen) atoms. The summed E-state index contributed by atoms with van der Waals surface area (Å²) in [5.74, 6) is -1.96. The van der Waals surface area contributed by atoms with Gasteiger partial charge in [0.15, 0.2) is 0 Å². The number of fused-ring (bicyclic) bond motifs is 1. The maximum absolute atomic E-state index is 13.2. The Bertz CT molecular complexity index is 729. The number of amides is 1. The van der Waals surface area contributed by atoms with Crippen LogP contribution in [0.5, 0.6) is 0 Å². The number of hydrogen-bond acceptors (Lipinski definition) is 4. The molecule has 2 atom stereocenters. The lowest BCUT2D eigenvalue weighted by molar-refractivity contribution is -0.141. The largest absolute Gasteiger partial charge is 0.480 e. The van der Waals surface area contributed by atoms with Gasteiger partial charge in [0.1, 0.15) is 11.9 Å². The number of thiophene rings is 1. The molecule has 1 aromatic heterocycles.